The SMILES string of the molecule is CCc1cccc(CC)c1NC(=O)CNC(=O)C1CC1. The number of rotatable bonds is 6. The summed E-state index contributed by atoms with van der Waals surface area (Å²) in [7, 11) is 0. The molecule has 0 spiro atoms. The highest BCUT2D eigenvalue weighted by molar-refractivity contribution is 5.96. The van der Waals surface area contributed by atoms with E-state index in [0.717, 1.165) is 42.5 Å². The van der Waals surface area contributed by atoms with Crippen LogP contribution in [0.15, 0.2) is 18.2 Å². The van der Waals surface area contributed by atoms with E-state index in [-0.39, 0.29) is 24.3 Å². The van der Waals surface area contributed by atoms with Crippen LogP contribution in [0, 0.1) is 5.92 Å². The summed E-state index contributed by atoms with van der Waals surface area (Å²) in [5.41, 5.74) is 3.17. The van der Waals surface area contributed by atoms with Crippen LogP contribution in [0.1, 0.15) is 37.8 Å². The van der Waals surface area contributed by atoms with Crippen LogP contribution < -0.4 is 10.6 Å². The van der Waals surface area contributed by atoms with Crippen LogP contribution in [0.5, 0.6) is 0 Å². The summed E-state index contributed by atoms with van der Waals surface area (Å²) in [5, 5.41) is 5.63. The zero-order valence-electron chi connectivity index (χ0n) is 12.2. The lowest BCUT2D eigenvalue weighted by molar-refractivity contribution is -0.125. The van der Waals surface area contributed by atoms with Crippen molar-refractivity contribution in [3.05, 3.63) is 29.3 Å². The van der Waals surface area contributed by atoms with Crippen LogP contribution in [0.2, 0.25) is 0 Å². The standard InChI is InChI=1S/C16H22N2O2/c1-3-11-6-5-7-12(4-2)15(11)18-14(19)10-17-16(20)13-8-9-13/h5-7,13H,3-4,8-10H2,1-2H3,(H,17,20)(H,18,19). The number of benzene rings is 1. The molecule has 0 radical (unpaired) electrons. The molecule has 1 saturated carbocycles. The molecule has 0 saturated heterocycles. The van der Waals surface area contributed by atoms with Gasteiger partial charge < -0.3 is 10.6 Å². The van der Waals surface area contributed by atoms with Gasteiger partial charge in [-0.3, -0.25) is 9.59 Å². The molecule has 4 nitrogen and oxygen atoms in total. The van der Waals surface area contributed by atoms with Gasteiger partial charge in [-0.25, -0.2) is 0 Å². The highest BCUT2D eigenvalue weighted by Crippen LogP contribution is 2.28. The first kappa shape index (κ1) is 14.6. The van der Waals surface area contributed by atoms with E-state index in [9.17, 15) is 9.59 Å². The summed E-state index contributed by atoms with van der Waals surface area (Å²) < 4.78 is 0. The largest absolute Gasteiger partial charge is 0.347 e. The molecule has 2 rings (SSSR count). The van der Waals surface area contributed by atoms with E-state index >= 15 is 0 Å². The molecule has 1 aromatic carbocycles. The van der Waals surface area contributed by atoms with Gasteiger partial charge in [0.05, 0.1) is 6.54 Å². The van der Waals surface area contributed by atoms with Crippen LogP contribution in [0.25, 0.3) is 0 Å². The number of carbonyl (C=O) groups excluding carboxylic acids is 2. The summed E-state index contributed by atoms with van der Waals surface area (Å²) in [6.07, 6.45) is 3.65. The molecule has 108 valence electrons. The van der Waals surface area contributed by atoms with Crippen molar-refractivity contribution in [3.8, 4) is 0 Å². The Balaban J connectivity index is 1.97. The topological polar surface area (TPSA) is 58.2 Å². The predicted molar refractivity (Wildman–Crippen MR) is 79.6 cm³/mol. The fourth-order valence-electron chi connectivity index (χ4n) is 2.24. The number of amides is 2. The van der Waals surface area contributed by atoms with Gasteiger partial charge in [0.25, 0.3) is 0 Å². The Morgan fingerprint density at radius 3 is 2.25 bits per heavy atom. The van der Waals surface area contributed by atoms with Crippen molar-refractivity contribution < 1.29 is 9.59 Å². The molecular weight excluding hydrogens is 252 g/mol. The molecule has 2 N–H and O–H groups in total. The lowest BCUT2D eigenvalue weighted by Gasteiger charge is -2.14. The molecule has 0 aromatic heterocycles. The number of nitrogens with one attached hydrogen (secondary N) is 2. The maximum absolute atomic E-state index is 12.0. The Labute approximate surface area is 119 Å². The molecule has 0 heterocycles. The highest BCUT2D eigenvalue weighted by atomic mass is 16.2. The van der Waals surface area contributed by atoms with Crippen molar-refractivity contribution in [2.45, 2.75) is 39.5 Å². The summed E-state index contributed by atoms with van der Waals surface area (Å²) in [6, 6.07) is 6.07. The van der Waals surface area contributed by atoms with Gasteiger partial charge >= 0.3 is 0 Å². The summed E-state index contributed by atoms with van der Waals surface area (Å²) >= 11 is 0. The Kier molecular flexibility index (Phi) is 4.77. The second-order valence-corrected chi connectivity index (χ2v) is 5.20. The van der Waals surface area contributed by atoms with E-state index in [4.69, 9.17) is 0 Å². The lowest BCUT2D eigenvalue weighted by Crippen LogP contribution is -2.34. The first-order chi connectivity index (χ1) is 9.65. The van der Waals surface area contributed by atoms with E-state index in [1.165, 1.54) is 0 Å². The van der Waals surface area contributed by atoms with Crippen LogP contribution in [0.3, 0.4) is 0 Å². The Morgan fingerprint density at radius 1 is 1.15 bits per heavy atom. The van der Waals surface area contributed by atoms with Gasteiger partial charge in [0.2, 0.25) is 11.8 Å². The van der Waals surface area contributed by atoms with E-state index in [1.807, 2.05) is 18.2 Å². The molecule has 1 fully saturated rings. The van der Waals surface area contributed by atoms with Gasteiger partial charge in [-0.2, -0.15) is 0 Å². The number of anilines is 1. The number of hydrogen-bond acceptors (Lipinski definition) is 2. The van der Waals surface area contributed by atoms with Gasteiger partial charge in [0.15, 0.2) is 0 Å². The maximum Gasteiger partial charge on any atom is 0.243 e. The minimum Gasteiger partial charge on any atom is -0.347 e. The van der Waals surface area contributed by atoms with Crippen LogP contribution in [-0.2, 0) is 22.4 Å². The van der Waals surface area contributed by atoms with Crippen LogP contribution in [-0.4, -0.2) is 18.4 Å². The number of para-hydroxylation sites is 1. The Morgan fingerprint density at radius 2 is 1.75 bits per heavy atom. The molecule has 0 aliphatic heterocycles. The average Bonchev–Trinajstić information content (AvgIpc) is 3.29. The quantitative estimate of drug-likeness (QED) is 0.836. The minimum atomic E-state index is -0.158. The second-order valence-electron chi connectivity index (χ2n) is 5.20. The molecule has 2 amide bonds. The second kappa shape index (κ2) is 6.55. The summed E-state index contributed by atoms with van der Waals surface area (Å²) in [5.74, 6) is -0.0221. The van der Waals surface area contributed by atoms with Gasteiger partial charge in [0.1, 0.15) is 0 Å². The van der Waals surface area contributed by atoms with Crippen molar-refractivity contribution in [1.82, 2.24) is 5.32 Å². The third-order valence-corrected chi connectivity index (χ3v) is 3.63. The number of hydrogen-bond donors (Lipinski definition) is 2. The molecule has 1 aliphatic rings. The molecule has 20 heavy (non-hydrogen) atoms. The normalized spacial score (nSPS) is 13.9. The van der Waals surface area contributed by atoms with Crippen molar-refractivity contribution >= 4 is 17.5 Å². The Bertz CT molecular complexity index is 485. The third-order valence-electron chi connectivity index (χ3n) is 3.63. The third kappa shape index (κ3) is 3.59. The van der Waals surface area contributed by atoms with Gasteiger partial charge in [-0.05, 0) is 36.8 Å². The zero-order chi connectivity index (χ0) is 14.5. The van der Waals surface area contributed by atoms with E-state index in [2.05, 4.69) is 24.5 Å². The Hall–Kier alpha value is -1.84. The molecule has 1 aromatic rings. The molecule has 4 heteroatoms. The van der Waals surface area contributed by atoms with E-state index in [0.29, 0.717) is 0 Å². The number of carbonyl (C=O) groups is 2. The zero-order valence-corrected chi connectivity index (χ0v) is 12.2. The molecule has 0 bridgehead atoms. The smallest absolute Gasteiger partial charge is 0.243 e. The molecule has 1 aliphatic carbocycles. The summed E-state index contributed by atoms with van der Waals surface area (Å²) in [4.78, 5) is 23.5. The van der Waals surface area contributed by atoms with Crippen LogP contribution >= 0.6 is 0 Å². The monoisotopic (exact) mass is 274 g/mol. The molecule has 0 atom stereocenters. The number of aryl methyl sites for hydroxylation is 2. The van der Waals surface area contributed by atoms with E-state index < -0.39 is 0 Å². The molecular formula is C16H22N2O2. The van der Waals surface area contributed by atoms with Crippen LogP contribution in [0.4, 0.5) is 5.69 Å². The fraction of sp³-hybridized carbons (Fsp3) is 0.500. The van der Waals surface area contributed by atoms with Crippen molar-refractivity contribution in [3.63, 3.8) is 0 Å². The van der Waals surface area contributed by atoms with E-state index in [1.54, 1.807) is 0 Å². The van der Waals surface area contributed by atoms with Gasteiger partial charge in [0, 0.05) is 11.6 Å². The predicted octanol–water partition coefficient (Wildman–Crippen LogP) is 2.28. The van der Waals surface area contributed by atoms with Crippen molar-refractivity contribution in [1.29, 1.82) is 0 Å². The average molecular weight is 274 g/mol. The lowest BCUT2D eigenvalue weighted by atomic mass is 10.0. The summed E-state index contributed by atoms with van der Waals surface area (Å²) in [6.45, 7) is 4.19. The fourth-order valence-corrected chi connectivity index (χ4v) is 2.24. The maximum atomic E-state index is 12.0. The first-order valence-electron chi connectivity index (χ1n) is 7.34. The highest BCUT2D eigenvalue weighted by Gasteiger charge is 2.29. The van der Waals surface area contributed by atoms with Crippen molar-refractivity contribution in [2.24, 2.45) is 5.92 Å². The van der Waals surface area contributed by atoms with Gasteiger partial charge in [-0.1, -0.05) is 32.0 Å². The first-order valence-corrected chi connectivity index (χ1v) is 7.34. The van der Waals surface area contributed by atoms with Gasteiger partial charge in [-0.15, -0.1) is 0 Å². The van der Waals surface area contributed by atoms with Crippen molar-refractivity contribution in [2.75, 3.05) is 11.9 Å². The minimum absolute atomic E-state index is 0.000332. The molecule has 0 unspecified atom stereocenters.